The van der Waals surface area contributed by atoms with E-state index in [-0.39, 0.29) is 27.4 Å². The maximum atomic E-state index is 13.3. The van der Waals surface area contributed by atoms with Crippen molar-refractivity contribution in [2.24, 2.45) is 5.73 Å². The molecule has 1 heterocycles. The molecule has 0 aliphatic rings. The van der Waals surface area contributed by atoms with Crippen molar-refractivity contribution in [1.29, 1.82) is 0 Å². The average molecular weight is 429 g/mol. The summed E-state index contributed by atoms with van der Waals surface area (Å²) in [6.07, 6.45) is -0.252. The number of amides is 3. The molecule has 0 saturated heterocycles. The van der Waals surface area contributed by atoms with Crippen molar-refractivity contribution in [3.05, 3.63) is 81.7 Å². The Bertz CT molecular complexity index is 1130. The Hall–Kier alpha value is -3.59. The number of nitrogens with two attached hydrogens (primary N) is 1. The summed E-state index contributed by atoms with van der Waals surface area (Å²) in [6.45, 7) is 1.56. The van der Waals surface area contributed by atoms with Crippen LogP contribution in [0.25, 0.3) is 0 Å². The molecule has 154 valence electrons. The minimum absolute atomic E-state index is 0.0249. The first-order valence-corrected chi connectivity index (χ1v) is 9.61. The number of hydrogen-bond acceptors (Lipinski definition) is 4. The molecule has 0 saturated carbocycles. The lowest BCUT2D eigenvalue weighted by atomic mass is 10.1. The molecule has 2 aromatic carbocycles. The molecule has 1 aromatic heterocycles. The predicted octanol–water partition coefficient (Wildman–Crippen LogP) is 3.87. The van der Waals surface area contributed by atoms with Crippen LogP contribution in [-0.2, 0) is 11.2 Å². The molecule has 6 nitrogen and oxygen atoms in total. The second-order valence-corrected chi connectivity index (χ2v) is 7.44. The third kappa shape index (κ3) is 4.69. The minimum atomic E-state index is -1.06. The van der Waals surface area contributed by atoms with Crippen LogP contribution in [0.1, 0.15) is 31.2 Å². The van der Waals surface area contributed by atoms with Crippen LogP contribution in [0.4, 0.5) is 19.5 Å². The average Bonchev–Trinajstić information content (AvgIpc) is 3.01. The highest BCUT2D eigenvalue weighted by atomic mass is 32.1. The van der Waals surface area contributed by atoms with E-state index in [4.69, 9.17) is 5.73 Å². The zero-order chi connectivity index (χ0) is 21.8. The number of carbonyl (C=O) groups is 3. The molecule has 0 aliphatic carbocycles. The van der Waals surface area contributed by atoms with E-state index in [0.29, 0.717) is 11.3 Å². The first kappa shape index (κ1) is 21.1. The Labute approximate surface area is 174 Å². The maximum Gasteiger partial charge on any atom is 0.266 e. The number of rotatable bonds is 6. The topological polar surface area (TPSA) is 101 Å². The van der Waals surface area contributed by atoms with Crippen molar-refractivity contribution in [2.75, 3.05) is 10.6 Å². The van der Waals surface area contributed by atoms with Crippen LogP contribution in [0.3, 0.4) is 0 Å². The summed E-state index contributed by atoms with van der Waals surface area (Å²) in [4.78, 5) is 37.1. The summed E-state index contributed by atoms with van der Waals surface area (Å²) < 4.78 is 26.4. The quantitative estimate of drug-likeness (QED) is 0.554. The third-order valence-corrected chi connectivity index (χ3v) is 5.44. The van der Waals surface area contributed by atoms with Gasteiger partial charge in [0.05, 0.1) is 16.9 Å². The molecular weight excluding hydrogens is 412 g/mol. The van der Waals surface area contributed by atoms with Gasteiger partial charge in [-0.05, 0) is 42.3 Å². The van der Waals surface area contributed by atoms with Crippen LogP contribution in [0.2, 0.25) is 0 Å². The fourth-order valence-electron chi connectivity index (χ4n) is 2.83. The second-order valence-electron chi connectivity index (χ2n) is 6.42. The van der Waals surface area contributed by atoms with E-state index in [9.17, 15) is 23.2 Å². The summed E-state index contributed by atoms with van der Waals surface area (Å²) in [5, 5.41) is 5.37. The second kappa shape index (κ2) is 8.83. The fourth-order valence-corrected chi connectivity index (χ4v) is 3.95. The summed E-state index contributed by atoms with van der Waals surface area (Å²) in [7, 11) is 0. The monoisotopic (exact) mass is 429 g/mol. The SMILES string of the molecule is Cc1c(C(=O)Nc2ccccc2)sc(NC(=O)Cc2ccc(F)c(F)c2)c1C(N)=O. The van der Waals surface area contributed by atoms with Gasteiger partial charge in [0.25, 0.3) is 11.8 Å². The first-order valence-electron chi connectivity index (χ1n) is 8.79. The highest BCUT2D eigenvalue weighted by Gasteiger charge is 2.24. The highest BCUT2D eigenvalue weighted by molar-refractivity contribution is 7.19. The summed E-state index contributed by atoms with van der Waals surface area (Å²) in [5.74, 6) is -3.90. The van der Waals surface area contributed by atoms with Gasteiger partial charge in [0.1, 0.15) is 5.00 Å². The molecule has 0 aliphatic heterocycles. The minimum Gasteiger partial charge on any atom is -0.365 e. The van der Waals surface area contributed by atoms with Crippen molar-refractivity contribution in [3.63, 3.8) is 0 Å². The zero-order valence-electron chi connectivity index (χ0n) is 15.8. The molecule has 0 spiro atoms. The number of thiophene rings is 1. The van der Waals surface area contributed by atoms with Gasteiger partial charge in [-0.2, -0.15) is 0 Å². The van der Waals surface area contributed by atoms with E-state index < -0.39 is 29.4 Å². The van der Waals surface area contributed by atoms with Crippen LogP contribution in [0.5, 0.6) is 0 Å². The summed E-state index contributed by atoms with van der Waals surface area (Å²) >= 11 is 0.907. The maximum absolute atomic E-state index is 13.3. The molecule has 0 bridgehead atoms. The number of para-hydroxylation sites is 1. The number of hydrogen-bond donors (Lipinski definition) is 3. The van der Waals surface area contributed by atoms with E-state index in [1.807, 2.05) is 0 Å². The molecule has 0 fully saturated rings. The van der Waals surface area contributed by atoms with Crippen molar-refractivity contribution in [2.45, 2.75) is 13.3 Å². The molecule has 30 heavy (non-hydrogen) atoms. The predicted molar refractivity (Wildman–Crippen MR) is 111 cm³/mol. The van der Waals surface area contributed by atoms with Crippen LogP contribution in [0.15, 0.2) is 48.5 Å². The molecular formula is C21H17F2N3O3S. The van der Waals surface area contributed by atoms with Crippen molar-refractivity contribution in [1.82, 2.24) is 0 Å². The number of benzene rings is 2. The molecule has 3 aromatic rings. The van der Waals surface area contributed by atoms with E-state index >= 15 is 0 Å². The molecule has 3 amide bonds. The van der Waals surface area contributed by atoms with Gasteiger partial charge in [-0.3, -0.25) is 14.4 Å². The van der Waals surface area contributed by atoms with Crippen molar-refractivity contribution < 1.29 is 23.2 Å². The first-order chi connectivity index (χ1) is 14.3. The normalized spacial score (nSPS) is 10.5. The molecule has 3 rings (SSSR count). The number of primary amides is 1. The lowest BCUT2D eigenvalue weighted by Crippen LogP contribution is -2.19. The lowest BCUT2D eigenvalue weighted by molar-refractivity contribution is -0.115. The number of anilines is 2. The van der Waals surface area contributed by atoms with Crippen LogP contribution in [-0.4, -0.2) is 17.7 Å². The Morgan fingerprint density at radius 3 is 2.33 bits per heavy atom. The number of halogens is 2. The Morgan fingerprint density at radius 1 is 1.00 bits per heavy atom. The van der Waals surface area contributed by atoms with Crippen molar-refractivity contribution in [3.8, 4) is 0 Å². The van der Waals surface area contributed by atoms with E-state index in [2.05, 4.69) is 10.6 Å². The third-order valence-electron chi connectivity index (χ3n) is 4.23. The number of carbonyl (C=O) groups excluding carboxylic acids is 3. The van der Waals surface area contributed by atoms with E-state index in [1.54, 1.807) is 37.3 Å². The van der Waals surface area contributed by atoms with Crippen LogP contribution >= 0.6 is 11.3 Å². The van der Waals surface area contributed by atoms with Gasteiger partial charge in [-0.1, -0.05) is 24.3 Å². The molecule has 0 unspecified atom stereocenters. The smallest absolute Gasteiger partial charge is 0.266 e. The van der Waals surface area contributed by atoms with Gasteiger partial charge in [-0.15, -0.1) is 11.3 Å². The number of nitrogens with one attached hydrogen (secondary N) is 2. The summed E-state index contributed by atoms with van der Waals surface area (Å²) in [5.41, 5.74) is 6.62. The zero-order valence-corrected chi connectivity index (χ0v) is 16.6. The van der Waals surface area contributed by atoms with Gasteiger partial charge in [0.15, 0.2) is 11.6 Å². The summed E-state index contributed by atoms with van der Waals surface area (Å²) in [6, 6.07) is 11.9. The van der Waals surface area contributed by atoms with Crippen LogP contribution in [0, 0.1) is 18.6 Å². The molecule has 4 N–H and O–H groups in total. The van der Waals surface area contributed by atoms with Gasteiger partial charge in [0.2, 0.25) is 5.91 Å². The fraction of sp³-hybridized carbons (Fsp3) is 0.0952. The van der Waals surface area contributed by atoms with Crippen LogP contribution < -0.4 is 16.4 Å². The van der Waals surface area contributed by atoms with Gasteiger partial charge in [-0.25, -0.2) is 8.78 Å². The van der Waals surface area contributed by atoms with Gasteiger partial charge in [0, 0.05) is 5.69 Å². The van der Waals surface area contributed by atoms with E-state index in [1.165, 1.54) is 6.07 Å². The largest absolute Gasteiger partial charge is 0.365 e. The van der Waals surface area contributed by atoms with Gasteiger partial charge >= 0.3 is 0 Å². The Balaban J connectivity index is 1.82. The van der Waals surface area contributed by atoms with Crippen molar-refractivity contribution >= 4 is 39.7 Å². The molecule has 0 atom stereocenters. The Morgan fingerprint density at radius 2 is 1.70 bits per heavy atom. The van der Waals surface area contributed by atoms with Gasteiger partial charge < -0.3 is 16.4 Å². The van der Waals surface area contributed by atoms with E-state index in [0.717, 1.165) is 23.5 Å². The lowest BCUT2D eigenvalue weighted by Gasteiger charge is -2.05. The molecule has 9 heteroatoms. The molecule has 0 radical (unpaired) electrons. The standard InChI is InChI=1S/C21H17F2N3O3S/c1-11-17(19(24)28)21(26-16(27)10-12-7-8-14(22)15(23)9-12)30-18(11)20(29)25-13-5-3-2-4-6-13/h2-9H,10H2,1H3,(H2,24,28)(H,25,29)(H,26,27). The Kier molecular flexibility index (Phi) is 6.22. The highest BCUT2D eigenvalue weighted by Crippen LogP contribution is 2.33.